The van der Waals surface area contributed by atoms with E-state index in [1.165, 1.54) is 0 Å². The molecule has 1 aromatic rings. The van der Waals surface area contributed by atoms with Gasteiger partial charge in [0.2, 0.25) is 0 Å². The van der Waals surface area contributed by atoms with E-state index in [0.717, 1.165) is 14.5 Å². The van der Waals surface area contributed by atoms with Gasteiger partial charge in [-0.15, -0.1) is 0 Å². The summed E-state index contributed by atoms with van der Waals surface area (Å²) >= 11 is 6.91. The Hall–Kier alpha value is -0.630. The topological polar surface area (TPSA) is 64.8 Å². The van der Waals surface area contributed by atoms with Gasteiger partial charge in [-0.05, 0) is 56.5 Å². The molecule has 1 aliphatic rings. The molecular formula is C14H18Br2N2O3. The lowest BCUT2D eigenvalue weighted by Gasteiger charge is -2.29. The van der Waals surface area contributed by atoms with Gasteiger partial charge in [0.1, 0.15) is 5.75 Å². The number of benzene rings is 1. The molecule has 21 heavy (non-hydrogen) atoms. The van der Waals surface area contributed by atoms with Gasteiger partial charge in [-0.25, -0.2) is 0 Å². The fourth-order valence-corrected chi connectivity index (χ4v) is 3.58. The van der Waals surface area contributed by atoms with Gasteiger partial charge in [0, 0.05) is 19.6 Å². The van der Waals surface area contributed by atoms with E-state index in [0.29, 0.717) is 38.6 Å². The first-order valence-corrected chi connectivity index (χ1v) is 8.32. The van der Waals surface area contributed by atoms with Crippen LogP contribution in [-0.2, 0) is 16.1 Å². The van der Waals surface area contributed by atoms with Crippen molar-refractivity contribution in [3.05, 3.63) is 26.6 Å². The van der Waals surface area contributed by atoms with Crippen LogP contribution in [0.1, 0.15) is 12.5 Å². The molecule has 0 spiro atoms. The van der Waals surface area contributed by atoms with Crippen molar-refractivity contribution in [2.75, 3.05) is 26.3 Å². The number of morpholine rings is 1. The molecule has 2 N–H and O–H groups in total. The zero-order chi connectivity index (χ0) is 15.4. The summed E-state index contributed by atoms with van der Waals surface area (Å²) in [6.45, 7) is 4.59. The molecule has 0 bridgehead atoms. The summed E-state index contributed by atoms with van der Waals surface area (Å²) in [6.07, 6.45) is -0.556. The molecule has 1 fully saturated rings. The predicted molar refractivity (Wildman–Crippen MR) is 87.2 cm³/mol. The Kier molecular flexibility index (Phi) is 6.04. The van der Waals surface area contributed by atoms with Crippen molar-refractivity contribution < 1.29 is 14.3 Å². The maximum Gasteiger partial charge on any atom is 0.263 e. The Morgan fingerprint density at radius 1 is 1.38 bits per heavy atom. The minimum absolute atomic E-state index is 0.0278. The molecule has 0 saturated carbocycles. The molecule has 5 nitrogen and oxygen atoms in total. The summed E-state index contributed by atoms with van der Waals surface area (Å²) in [4.78, 5) is 14.1. The quantitative estimate of drug-likeness (QED) is 0.809. The third kappa shape index (κ3) is 4.18. The number of halogens is 2. The zero-order valence-electron chi connectivity index (χ0n) is 11.8. The van der Waals surface area contributed by atoms with Crippen LogP contribution >= 0.6 is 31.9 Å². The molecule has 1 saturated heterocycles. The molecule has 1 aromatic carbocycles. The van der Waals surface area contributed by atoms with Crippen LogP contribution < -0.4 is 10.5 Å². The molecule has 1 aliphatic heterocycles. The Labute approximate surface area is 141 Å². The van der Waals surface area contributed by atoms with Crippen molar-refractivity contribution in [3.63, 3.8) is 0 Å². The Bertz CT molecular complexity index is 496. The van der Waals surface area contributed by atoms with Gasteiger partial charge in [-0.2, -0.15) is 0 Å². The number of nitrogens with zero attached hydrogens (tertiary/aromatic N) is 1. The molecule has 1 unspecified atom stereocenters. The highest BCUT2D eigenvalue weighted by Gasteiger charge is 2.25. The van der Waals surface area contributed by atoms with Crippen molar-refractivity contribution >= 4 is 37.8 Å². The number of nitrogens with two attached hydrogens (primary N) is 1. The van der Waals surface area contributed by atoms with E-state index in [1.807, 2.05) is 12.1 Å². The fraction of sp³-hybridized carbons (Fsp3) is 0.500. The van der Waals surface area contributed by atoms with Gasteiger partial charge in [0.15, 0.2) is 6.10 Å². The second-order valence-corrected chi connectivity index (χ2v) is 6.50. The number of rotatable bonds is 4. The number of hydrogen-bond donors (Lipinski definition) is 1. The minimum atomic E-state index is -0.556. The van der Waals surface area contributed by atoms with Gasteiger partial charge < -0.3 is 20.1 Å². The second kappa shape index (κ2) is 7.58. The van der Waals surface area contributed by atoms with E-state index >= 15 is 0 Å². The summed E-state index contributed by atoms with van der Waals surface area (Å²) in [6, 6.07) is 3.79. The zero-order valence-corrected chi connectivity index (χ0v) is 14.9. The Morgan fingerprint density at radius 2 is 1.95 bits per heavy atom. The first-order chi connectivity index (χ1) is 10.0. The maximum absolute atomic E-state index is 12.3. The van der Waals surface area contributed by atoms with Gasteiger partial charge in [0.05, 0.1) is 22.2 Å². The van der Waals surface area contributed by atoms with Crippen molar-refractivity contribution in [1.29, 1.82) is 0 Å². The van der Waals surface area contributed by atoms with E-state index < -0.39 is 6.10 Å². The molecule has 0 aliphatic carbocycles. The van der Waals surface area contributed by atoms with Crippen LogP contribution in [0.3, 0.4) is 0 Å². The van der Waals surface area contributed by atoms with Gasteiger partial charge in [-0.3, -0.25) is 4.79 Å². The second-order valence-electron chi connectivity index (χ2n) is 4.79. The first-order valence-electron chi connectivity index (χ1n) is 6.74. The van der Waals surface area contributed by atoms with Crippen LogP contribution in [-0.4, -0.2) is 43.2 Å². The number of amides is 1. The SMILES string of the molecule is CC(Oc1c(Br)cc(CN)cc1Br)C(=O)N1CCOCC1. The number of carbonyl (C=O) groups is 1. The average molecular weight is 422 g/mol. The molecule has 2 rings (SSSR count). The summed E-state index contributed by atoms with van der Waals surface area (Å²) in [5.41, 5.74) is 6.61. The van der Waals surface area contributed by atoms with Crippen molar-refractivity contribution in [1.82, 2.24) is 4.90 Å². The lowest BCUT2D eigenvalue weighted by Crippen LogP contribution is -2.46. The van der Waals surface area contributed by atoms with Crippen molar-refractivity contribution in [3.8, 4) is 5.75 Å². The molecule has 1 atom stereocenters. The number of carbonyl (C=O) groups excluding carboxylic acids is 1. The molecule has 7 heteroatoms. The molecule has 1 amide bonds. The standard InChI is InChI=1S/C14H18Br2N2O3/c1-9(14(19)18-2-4-20-5-3-18)21-13-11(15)6-10(8-17)7-12(13)16/h6-7,9H,2-5,8,17H2,1H3. The van der Waals surface area contributed by atoms with Gasteiger partial charge >= 0.3 is 0 Å². The summed E-state index contributed by atoms with van der Waals surface area (Å²) in [5.74, 6) is 0.585. The molecular weight excluding hydrogens is 404 g/mol. The molecule has 0 radical (unpaired) electrons. The van der Waals surface area contributed by atoms with Crippen molar-refractivity contribution in [2.45, 2.75) is 19.6 Å². The number of hydrogen-bond acceptors (Lipinski definition) is 4. The van der Waals surface area contributed by atoms with Crippen LogP contribution in [0.2, 0.25) is 0 Å². The highest BCUT2D eigenvalue weighted by Crippen LogP contribution is 2.35. The fourth-order valence-electron chi connectivity index (χ4n) is 2.11. The van der Waals surface area contributed by atoms with Crippen molar-refractivity contribution in [2.24, 2.45) is 5.73 Å². The minimum Gasteiger partial charge on any atom is -0.479 e. The van der Waals surface area contributed by atoms with E-state index in [9.17, 15) is 4.79 Å². The summed E-state index contributed by atoms with van der Waals surface area (Å²) in [5, 5.41) is 0. The monoisotopic (exact) mass is 420 g/mol. The largest absolute Gasteiger partial charge is 0.479 e. The predicted octanol–water partition coefficient (Wildman–Crippen LogP) is 2.30. The van der Waals surface area contributed by atoms with Crippen LogP contribution in [0.4, 0.5) is 0 Å². The van der Waals surface area contributed by atoms with E-state index in [-0.39, 0.29) is 5.91 Å². The highest BCUT2D eigenvalue weighted by atomic mass is 79.9. The third-order valence-electron chi connectivity index (χ3n) is 3.26. The maximum atomic E-state index is 12.3. The van der Waals surface area contributed by atoms with Gasteiger partial charge in [0.25, 0.3) is 5.91 Å². The lowest BCUT2D eigenvalue weighted by atomic mass is 10.2. The lowest BCUT2D eigenvalue weighted by molar-refractivity contribution is -0.142. The van der Waals surface area contributed by atoms with E-state index in [2.05, 4.69) is 31.9 Å². The van der Waals surface area contributed by atoms with Crippen LogP contribution in [0.5, 0.6) is 5.75 Å². The summed E-state index contributed by atoms with van der Waals surface area (Å²) < 4.78 is 12.6. The third-order valence-corrected chi connectivity index (χ3v) is 4.44. The van der Waals surface area contributed by atoms with E-state index in [4.69, 9.17) is 15.2 Å². The highest BCUT2D eigenvalue weighted by molar-refractivity contribution is 9.11. The van der Waals surface area contributed by atoms with Crippen LogP contribution in [0, 0.1) is 0 Å². The van der Waals surface area contributed by atoms with Crippen LogP contribution in [0.25, 0.3) is 0 Å². The summed E-state index contributed by atoms with van der Waals surface area (Å²) in [7, 11) is 0. The van der Waals surface area contributed by atoms with Gasteiger partial charge in [-0.1, -0.05) is 0 Å². The normalized spacial score (nSPS) is 16.7. The smallest absolute Gasteiger partial charge is 0.263 e. The average Bonchev–Trinajstić information content (AvgIpc) is 2.50. The van der Waals surface area contributed by atoms with Crippen LogP contribution in [0.15, 0.2) is 21.1 Å². The first kappa shape index (κ1) is 16.7. The Balaban J connectivity index is 2.08. The van der Waals surface area contributed by atoms with E-state index in [1.54, 1.807) is 11.8 Å². The molecule has 0 aromatic heterocycles. The Morgan fingerprint density at radius 3 is 2.48 bits per heavy atom. The number of ether oxygens (including phenoxy) is 2. The molecule has 1 heterocycles. The molecule has 116 valence electrons.